The molecule has 1 saturated heterocycles. The summed E-state index contributed by atoms with van der Waals surface area (Å²) in [4.78, 5) is 39.6. The van der Waals surface area contributed by atoms with E-state index in [0.29, 0.717) is 24.3 Å². The van der Waals surface area contributed by atoms with Crippen LogP contribution in [0, 0.1) is 18.2 Å². The third kappa shape index (κ3) is 5.45. The summed E-state index contributed by atoms with van der Waals surface area (Å²) in [6.45, 7) is 2.51. The van der Waals surface area contributed by atoms with Crippen LogP contribution in [0.1, 0.15) is 18.9 Å². The largest absolute Gasteiger partial charge is 0.377 e. The molecule has 2 atom stereocenters. The van der Waals surface area contributed by atoms with Crippen molar-refractivity contribution in [2.45, 2.75) is 25.5 Å². The van der Waals surface area contributed by atoms with Crippen LogP contribution in [0.4, 0.5) is 20.6 Å². The summed E-state index contributed by atoms with van der Waals surface area (Å²) in [5, 5.41) is 5.46. The summed E-state index contributed by atoms with van der Waals surface area (Å²) in [6.07, 6.45) is 6.81. The Bertz CT molecular complexity index is 1360. The third-order valence-electron chi connectivity index (χ3n) is 5.83. The maximum Gasteiger partial charge on any atom is 0.322 e. The number of carbonyl (C=O) groups is 2. The van der Waals surface area contributed by atoms with Crippen molar-refractivity contribution in [3.63, 3.8) is 0 Å². The summed E-state index contributed by atoms with van der Waals surface area (Å²) in [5.41, 5.74) is 1.10. The van der Waals surface area contributed by atoms with Gasteiger partial charge in [-0.1, -0.05) is 12.0 Å². The lowest BCUT2D eigenvalue weighted by molar-refractivity contribution is -0.119. The Balaban J connectivity index is 1.50. The van der Waals surface area contributed by atoms with E-state index in [-0.39, 0.29) is 29.6 Å². The molecule has 1 aliphatic rings. The Morgan fingerprint density at radius 3 is 2.53 bits per heavy atom. The van der Waals surface area contributed by atoms with Crippen LogP contribution in [-0.2, 0) is 9.53 Å². The minimum atomic E-state index is -0.828. The Morgan fingerprint density at radius 2 is 1.86 bits per heavy atom. The molecule has 0 spiro atoms. The van der Waals surface area contributed by atoms with Crippen LogP contribution < -0.4 is 16.2 Å². The molecule has 4 rings (SSSR count). The highest BCUT2D eigenvalue weighted by Crippen LogP contribution is 2.24. The summed E-state index contributed by atoms with van der Waals surface area (Å²) in [5.74, 6) is 1.36. The summed E-state index contributed by atoms with van der Waals surface area (Å²) in [7, 11) is 0. The topological polar surface area (TPSA) is 92.7 Å². The number of amides is 3. The molecule has 2 heterocycles. The number of hydrogen-bond acceptors (Lipinski definition) is 4. The van der Waals surface area contributed by atoms with Gasteiger partial charge in [0.05, 0.1) is 11.8 Å². The van der Waals surface area contributed by atoms with Crippen molar-refractivity contribution in [2.24, 2.45) is 0 Å². The number of terminal acetylenes is 1. The molecule has 1 aliphatic heterocycles. The Kier molecular flexibility index (Phi) is 7.47. The molecule has 0 aliphatic carbocycles. The predicted molar refractivity (Wildman–Crippen MR) is 135 cm³/mol. The maximum absolute atomic E-state index is 14.8. The fourth-order valence-corrected chi connectivity index (χ4v) is 4.10. The number of ether oxygens (including phenoxy) is 1. The second kappa shape index (κ2) is 10.9. The Labute approximate surface area is 207 Å². The Hall–Kier alpha value is -4.42. The highest BCUT2D eigenvalue weighted by Gasteiger charge is 2.40. The predicted octanol–water partition coefficient (Wildman–Crippen LogP) is 3.61. The van der Waals surface area contributed by atoms with Gasteiger partial charge in [0.1, 0.15) is 11.9 Å². The zero-order valence-electron chi connectivity index (χ0n) is 19.6. The number of rotatable bonds is 6. The molecule has 1 aromatic heterocycles. The van der Waals surface area contributed by atoms with Gasteiger partial charge < -0.3 is 20.3 Å². The van der Waals surface area contributed by atoms with E-state index in [1.54, 1.807) is 36.4 Å². The van der Waals surface area contributed by atoms with Gasteiger partial charge in [0, 0.05) is 48.8 Å². The fraction of sp³-hybridized carbons (Fsp3) is 0.222. The lowest BCUT2D eigenvalue weighted by Gasteiger charge is -2.24. The van der Waals surface area contributed by atoms with Crippen LogP contribution in [-0.4, -0.2) is 46.7 Å². The van der Waals surface area contributed by atoms with Gasteiger partial charge in [0.15, 0.2) is 0 Å². The first-order chi connectivity index (χ1) is 17.4. The van der Waals surface area contributed by atoms with E-state index in [1.165, 1.54) is 33.9 Å². The van der Waals surface area contributed by atoms with E-state index in [1.807, 2.05) is 6.92 Å². The van der Waals surface area contributed by atoms with Gasteiger partial charge >= 0.3 is 6.03 Å². The van der Waals surface area contributed by atoms with Gasteiger partial charge in [0.25, 0.3) is 5.56 Å². The molecule has 2 N–H and O–H groups in total. The number of nitrogens with one attached hydrogen (secondary N) is 2. The summed E-state index contributed by atoms with van der Waals surface area (Å²) < 4.78 is 21.6. The average molecular weight is 489 g/mol. The number of hydrogen-bond donors (Lipinski definition) is 2. The van der Waals surface area contributed by atoms with Crippen molar-refractivity contribution in [2.75, 3.05) is 23.8 Å². The molecule has 3 amide bonds. The number of carbonyl (C=O) groups excluding carboxylic acids is 2. The number of anilines is 2. The molecule has 0 saturated carbocycles. The number of likely N-dealkylation sites (tertiary alicyclic amines) is 1. The number of urea groups is 1. The van der Waals surface area contributed by atoms with Crippen LogP contribution in [0.2, 0.25) is 0 Å². The minimum Gasteiger partial charge on any atom is -0.377 e. The highest BCUT2D eigenvalue weighted by atomic mass is 19.1. The van der Waals surface area contributed by atoms with E-state index in [0.717, 1.165) is 6.07 Å². The van der Waals surface area contributed by atoms with Crippen molar-refractivity contribution in [3.8, 4) is 18.0 Å². The number of nitrogens with zero attached hydrogens (tertiary/aromatic N) is 2. The maximum atomic E-state index is 14.8. The van der Waals surface area contributed by atoms with Crippen molar-refractivity contribution in [3.05, 3.63) is 88.6 Å². The molecule has 36 heavy (non-hydrogen) atoms. The first-order valence-corrected chi connectivity index (χ1v) is 11.4. The first-order valence-electron chi connectivity index (χ1n) is 11.4. The summed E-state index contributed by atoms with van der Waals surface area (Å²) >= 11 is 0. The normalized spacial score (nSPS) is 16.9. The lowest BCUT2D eigenvalue weighted by atomic mass is 10.1. The van der Waals surface area contributed by atoms with Crippen LogP contribution in [0.25, 0.3) is 5.69 Å². The minimum absolute atomic E-state index is 0.0627. The molecule has 2 aromatic carbocycles. The van der Waals surface area contributed by atoms with Crippen LogP contribution in [0.5, 0.6) is 0 Å². The highest BCUT2D eigenvalue weighted by molar-refractivity contribution is 5.99. The van der Waals surface area contributed by atoms with E-state index < -0.39 is 23.8 Å². The first kappa shape index (κ1) is 24.7. The third-order valence-corrected chi connectivity index (χ3v) is 5.83. The quantitative estimate of drug-likeness (QED) is 0.519. The van der Waals surface area contributed by atoms with Crippen molar-refractivity contribution >= 4 is 23.3 Å². The standard InChI is InChI=1S/C27H25FN4O4/c1-3-18-8-10-19(11-9-18)30-27(35)32-17-21(36-4-2)16-24(32)26(34)29-20-12-13-23(22(28)15-20)31-14-6-5-7-25(31)33/h1,5-15,21,24H,4,16-17H2,2H3,(H,29,34)(H,30,35)/t21-,24-/m1/s1. The van der Waals surface area contributed by atoms with E-state index in [2.05, 4.69) is 16.6 Å². The van der Waals surface area contributed by atoms with Gasteiger partial charge in [-0.15, -0.1) is 6.42 Å². The fourth-order valence-electron chi connectivity index (χ4n) is 4.10. The van der Waals surface area contributed by atoms with Gasteiger partial charge in [-0.05, 0) is 55.5 Å². The molecule has 1 fully saturated rings. The average Bonchev–Trinajstić information content (AvgIpc) is 3.30. The van der Waals surface area contributed by atoms with Gasteiger partial charge in [-0.25, -0.2) is 9.18 Å². The SMILES string of the molecule is C#Cc1ccc(NC(=O)N2C[C@H](OCC)C[C@@H]2C(=O)Nc2ccc(-n3ccccc3=O)c(F)c2)cc1. The monoisotopic (exact) mass is 488 g/mol. The molecule has 0 radical (unpaired) electrons. The Morgan fingerprint density at radius 1 is 1.11 bits per heavy atom. The van der Waals surface area contributed by atoms with Crippen LogP contribution in [0.3, 0.4) is 0 Å². The van der Waals surface area contributed by atoms with Crippen molar-refractivity contribution < 1.29 is 18.7 Å². The molecule has 8 nitrogen and oxygen atoms in total. The van der Waals surface area contributed by atoms with Gasteiger partial charge in [-0.2, -0.15) is 0 Å². The number of pyridine rings is 1. The lowest BCUT2D eigenvalue weighted by Crippen LogP contribution is -2.45. The van der Waals surface area contributed by atoms with E-state index >= 15 is 0 Å². The summed E-state index contributed by atoms with van der Waals surface area (Å²) in [6, 6.07) is 14.0. The molecule has 0 bridgehead atoms. The number of benzene rings is 2. The second-order valence-electron chi connectivity index (χ2n) is 8.20. The van der Waals surface area contributed by atoms with Crippen molar-refractivity contribution in [1.29, 1.82) is 0 Å². The van der Waals surface area contributed by atoms with E-state index in [4.69, 9.17) is 11.2 Å². The number of halogens is 1. The molecular weight excluding hydrogens is 463 g/mol. The molecule has 3 aromatic rings. The van der Waals surface area contributed by atoms with E-state index in [9.17, 15) is 18.8 Å². The molecule has 9 heteroatoms. The van der Waals surface area contributed by atoms with Gasteiger partial charge in [-0.3, -0.25) is 14.2 Å². The van der Waals surface area contributed by atoms with Crippen molar-refractivity contribution in [1.82, 2.24) is 9.47 Å². The zero-order valence-corrected chi connectivity index (χ0v) is 19.6. The van der Waals surface area contributed by atoms with Gasteiger partial charge in [0.2, 0.25) is 5.91 Å². The zero-order chi connectivity index (χ0) is 25.7. The smallest absolute Gasteiger partial charge is 0.322 e. The van der Waals surface area contributed by atoms with Crippen LogP contribution in [0.15, 0.2) is 71.7 Å². The molecule has 0 unspecified atom stereocenters. The second-order valence-corrected chi connectivity index (χ2v) is 8.20. The number of aromatic nitrogens is 1. The molecule has 184 valence electrons. The van der Waals surface area contributed by atoms with Crippen LogP contribution >= 0.6 is 0 Å². The molecular formula is C27H25FN4O4.